The van der Waals surface area contributed by atoms with Gasteiger partial charge in [-0.3, -0.25) is 4.79 Å². The van der Waals surface area contributed by atoms with Crippen molar-refractivity contribution >= 4 is 21.8 Å². The second-order valence-electron chi connectivity index (χ2n) is 4.56. The minimum Gasteiger partial charge on any atom is -0.335 e. The monoisotopic (exact) mass is 335 g/mol. The predicted octanol–water partition coefficient (Wildman–Crippen LogP) is 3.49. The van der Waals surface area contributed by atoms with Gasteiger partial charge in [0.15, 0.2) is 17.5 Å². The van der Waals surface area contributed by atoms with Crippen LogP contribution in [0.15, 0.2) is 12.1 Å². The van der Waals surface area contributed by atoms with Crippen LogP contribution in [-0.2, 0) is 0 Å². The van der Waals surface area contributed by atoms with Crippen LogP contribution >= 0.6 is 15.9 Å². The summed E-state index contributed by atoms with van der Waals surface area (Å²) < 4.78 is 39.2. The van der Waals surface area contributed by atoms with Gasteiger partial charge >= 0.3 is 0 Å². The molecular weight excluding hydrogens is 323 g/mol. The highest BCUT2D eigenvalue weighted by atomic mass is 79.9. The van der Waals surface area contributed by atoms with Crippen LogP contribution in [0.3, 0.4) is 0 Å². The summed E-state index contributed by atoms with van der Waals surface area (Å²) in [5.74, 6) is -4.68. The molecule has 1 aromatic carbocycles. The molecule has 1 unspecified atom stereocenters. The molecule has 1 heterocycles. The molecule has 0 N–H and O–H groups in total. The number of halogens is 4. The minimum atomic E-state index is -1.55. The fourth-order valence-corrected chi connectivity index (χ4v) is 2.95. The Bertz CT molecular complexity index is 472. The Morgan fingerprint density at radius 3 is 2.47 bits per heavy atom. The van der Waals surface area contributed by atoms with Crippen molar-refractivity contribution in [2.75, 3.05) is 11.9 Å². The van der Waals surface area contributed by atoms with Crippen LogP contribution in [0.2, 0.25) is 0 Å². The first-order valence-electron chi connectivity index (χ1n) is 6.06. The lowest BCUT2D eigenvalue weighted by Crippen LogP contribution is -2.44. The molecule has 0 bridgehead atoms. The Balaban J connectivity index is 2.28. The van der Waals surface area contributed by atoms with Crippen molar-refractivity contribution in [2.45, 2.75) is 25.3 Å². The van der Waals surface area contributed by atoms with E-state index in [1.165, 1.54) is 0 Å². The number of carbonyl (C=O) groups is 1. The number of nitrogens with zero attached hydrogens (tertiary/aromatic N) is 1. The maximum absolute atomic E-state index is 13.2. The van der Waals surface area contributed by atoms with E-state index in [4.69, 9.17) is 0 Å². The fraction of sp³-hybridized carbons (Fsp3) is 0.462. The van der Waals surface area contributed by atoms with Gasteiger partial charge in [-0.05, 0) is 31.4 Å². The Morgan fingerprint density at radius 1 is 1.26 bits per heavy atom. The van der Waals surface area contributed by atoms with E-state index in [0.717, 1.165) is 31.4 Å². The average Bonchev–Trinajstić information content (AvgIpc) is 2.43. The van der Waals surface area contributed by atoms with E-state index in [2.05, 4.69) is 15.9 Å². The lowest BCUT2D eigenvalue weighted by molar-refractivity contribution is 0.0640. The second-order valence-corrected chi connectivity index (χ2v) is 5.20. The van der Waals surface area contributed by atoms with E-state index in [9.17, 15) is 18.0 Å². The molecule has 1 amide bonds. The molecule has 104 valence electrons. The molecule has 19 heavy (non-hydrogen) atoms. The third-order valence-electron chi connectivity index (χ3n) is 3.30. The Kier molecular flexibility index (Phi) is 4.50. The van der Waals surface area contributed by atoms with Crippen LogP contribution < -0.4 is 0 Å². The molecule has 0 saturated carbocycles. The third-order valence-corrected chi connectivity index (χ3v) is 4.04. The van der Waals surface area contributed by atoms with Crippen molar-refractivity contribution in [1.29, 1.82) is 0 Å². The standard InChI is InChI=1S/C13H13BrF3NO/c14-7-9-3-1-2-4-18(9)13(19)8-5-10(15)12(17)11(16)6-8/h5-6,9H,1-4,7H2. The lowest BCUT2D eigenvalue weighted by Gasteiger charge is -2.34. The molecule has 1 aliphatic heterocycles. The number of carbonyl (C=O) groups excluding carboxylic acids is 1. The topological polar surface area (TPSA) is 20.3 Å². The fourth-order valence-electron chi connectivity index (χ4n) is 2.27. The van der Waals surface area contributed by atoms with Crippen LogP contribution in [0.25, 0.3) is 0 Å². The summed E-state index contributed by atoms with van der Waals surface area (Å²) in [6, 6.07) is 1.51. The molecule has 1 aliphatic rings. The van der Waals surface area contributed by atoms with Crippen molar-refractivity contribution in [2.24, 2.45) is 0 Å². The first-order chi connectivity index (χ1) is 9.04. The smallest absolute Gasteiger partial charge is 0.254 e. The molecular formula is C13H13BrF3NO. The van der Waals surface area contributed by atoms with Gasteiger partial charge in [-0.2, -0.15) is 0 Å². The third kappa shape index (κ3) is 2.94. The van der Waals surface area contributed by atoms with Crippen molar-refractivity contribution < 1.29 is 18.0 Å². The van der Waals surface area contributed by atoms with Crippen LogP contribution in [0.5, 0.6) is 0 Å². The molecule has 1 atom stereocenters. The maximum atomic E-state index is 13.2. The average molecular weight is 336 g/mol. The van der Waals surface area contributed by atoms with Crippen LogP contribution in [-0.4, -0.2) is 28.7 Å². The van der Waals surface area contributed by atoms with E-state index >= 15 is 0 Å². The summed E-state index contributed by atoms with van der Waals surface area (Å²) in [6.07, 6.45) is 2.73. The van der Waals surface area contributed by atoms with Crippen LogP contribution in [0, 0.1) is 17.5 Å². The number of rotatable bonds is 2. The van der Waals surface area contributed by atoms with Gasteiger partial charge in [0.1, 0.15) is 0 Å². The van der Waals surface area contributed by atoms with Gasteiger partial charge in [0.25, 0.3) is 5.91 Å². The number of benzene rings is 1. The first-order valence-corrected chi connectivity index (χ1v) is 7.18. The van der Waals surface area contributed by atoms with E-state index in [1.807, 2.05) is 0 Å². The van der Waals surface area contributed by atoms with E-state index in [0.29, 0.717) is 11.9 Å². The van der Waals surface area contributed by atoms with Crippen molar-refractivity contribution in [3.63, 3.8) is 0 Å². The largest absolute Gasteiger partial charge is 0.335 e. The van der Waals surface area contributed by atoms with Gasteiger partial charge in [-0.1, -0.05) is 15.9 Å². The van der Waals surface area contributed by atoms with Gasteiger partial charge in [-0.15, -0.1) is 0 Å². The van der Waals surface area contributed by atoms with Crippen molar-refractivity contribution in [3.8, 4) is 0 Å². The van der Waals surface area contributed by atoms with Gasteiger partial charge in [0.05, 0.1) is 0 Å². The van der Waals surface area contributed by atoms with Crippen LogP contribution in [0.1, 0.15) is 29.6 Å². The highest BCUT2D eigenvalue weighted by Gasteiger charge is 2.27. The number of likely N-dealkylation sites (tertiary alicyclic amines) is 1. The summed E-state index contributed by atoms with van der Waals surface area (Å²) in [6.45, 7) is 0.551. The Morgan fingerprint density at radius 2 is 1.89 bits per heavy atom. The van der Waals surface area contributed by atoms with E-state index < -0.39 is 23.4 Å². The predicted molar refractivity (Wildman–Crippen MR) is 68.8 cm³/mol. The highest BCUT2D eigenvalue weighted by molar-refractivity contribution is 9.09. The van der Waals surface area contributed by atoms with E-state index in [-0.39, 0.29) is 11.6 Å². The highest BCUT2D eigenvalue weighted by Crippen LogP contribution is 2.22. The Labute approximate surface area is 117 Å². The number of hydrogen-bond acceptors (Lipinski definition) is 1. The summed E-state index contributed by atoms with van der Waals surface area (Å²) in [4.78, 5) is 13.8. The molecule has 0 spiro atoms. The minimum absolute atomic E-state index is 0.0115. The molecule has 0 aliphatic carbocycles. The maximum Gasteiger partial charge on any atom is 0.254 e. The van der Waals surface area contributed by atoms with Crippen LogP contribution in [0.4, 0.5) is 13.2 Å². The molecule has 2 rings (SSSR count). The lowest BCUT2D eigenvalue weighted by atomic mass is 10.0. The molecule has 1 aromatic rings. The molecule has 0 radical (unpaired) electrons. The normalized spacial score (nSPS) is 19.6. The van der Waals surface area contributed by atoms with Gasteiger partial charge in [0, 0.05) is 23.5 Å². The quantitative estimate of drug-likeness (QED) is 0.598. The van der Waals surface area contributed by atoms with Gasteiger partial charge in [-0.25, -0.2) is 13.2 Å². The summed E-state index contributed by atoms with van der Waals surface area (Å²) in [7, 11) is 0. The summed E-state index contributed by atoms with van der Waals surface area (Å²) in [5.41, 5.74) is -0.149. The van der Waals surface area contributed by atoms with Crippen molar-refractivity contribution in [3.05, 3.63) is 35.1 Å². The number of hydrogen-bond donors (Lipinski definition) is 0. The zero-order chi connectivity index (χ0) is 14.0. The number of piperidine rings is 1. The molecule has 0 aromatic heterocycles. The van der Waals surface area contributed by atoms with Gasteiger partial charge < -0.3 is 4.90 Å². The first kappa shape index (κ1) is 14.4. The molecule has 1 fully saturated rings. The van der Waals surface area contributed by atoms with Crippen molar-refractivity contribution in [1.82, 2.24) is 4.90 Å². The zero-order valence-corrected chi connectivity index (χ0v) is 11.7. The SMILES string of the molecule is O=C(c1cc(F)c(F)c(F)c1)N1CCCCC1CBr. The number of amides is 1. The second kappa shape index (κ2) is 5.94. The van der Waals surface area contributed by atoms with E-state index in [1.54, 1.807) is 4.90 Å². The Hall–Kier alpha value is -1.04. The number of alkyl halides is 1. The summed E-state index contributed by atoms with van der Waals surface area (Å²) >= 11 is 3.33. The van der Waals surface area contributed by atoms with Gasteiger partial charge in [0.2, 0.25) is 0 Å². The molecule has 2 nitrogen and oxygen atoms in total. The molecule has 1 saturated heterocycles. The molecule has 6 heteroatoms. The summed E-state index contributed by atoms with van der Waals surface area (Å²) in [5, 5.41) is 0.616. The zero-order valence-electron chi connectivity index (χ0n) is 10.1.